The van der Waals surface area contributed by atoms with E-state index in [1.807, 2.05) is 74.4 Å². The number of hydrogen-bond acceptors (Lipinski definition) is 9. The van der Waals surface area contributed by atoms with Crippen LogP contribution >= 0.6 is 23.2 Å². The zero-order valence-corrected chi connectivity index (χ0v) is 30.6. The van der Waals surface area contributed by atoms with Gasteiger partial charge in [-0.25, -0.2) is 9.97 Å². The van der Waals surface area contributed by atoms with Crippen LogP contribution in [0.5, 0.6) is 0 Å². The molecule has 1 saturated heterocycles. The van der Waals surface area contributed by atoms with E-state index in [1.54, 1.807) is 12.4 Å². The van der Waals surface area contributed by atoms with Crippen molar-refractivity contribution in [1.29, 1.82) is 0 Å². The summed E-state index contributed by atoms with van der Waals surface area (Å²) >= 11 is 14.3. The Balaban J connectivity index is 1.23. The van der Waals surface area contributed by atoms with Gasteiger partial charge in [0.1, 0.15) is 5.78 Å². The summed E-state index contributed by atoms with van der Waals surface area (Å²) in [5.41, 5.74) is 6.14. The molecule has 262 valence electrons. The van der Waals surface area contributed by atoms with E-state index in [1.165, 1.54) is 0 Å². The van der Waals surface area contributed by atoms with Crippen LogP contribution in [-0.2, 0) is 22.6 Å². The van der Waals surface area contributed by atoms with Gasteiger partial charge >= 0.3 is 0 Å². The lowest BCUT2D eigenvalue weighted by atomic mass is 9.98. The van der Waals surface area contributed by atoms with E-state index in [9.17, 15) is 9.59 Å². The molecule has 0 spiro atoms. The first kappa shape index (κ1) is 35.7. The maximum atomic E-state index is 11.7. The average molecular weight is 716 g/mol. The van der Waals surface area contributed by atoms with Crippen molar-refractivity contribution >= 4 is 46.5 Å². The van der Waals surface area contributed by atoms with Crippen molar-refractivity contribution in [2.24, 2.45) is 5.92 Å². The van der Waals surface area contributed by atoms with E-state index in [0.29, 0.717) is 58.9 Å². The van der Waals surface area contributed by atoms with Crippen molar-refractivity contribution in [3.05, 3.63) is 70.2 Å². The van der Waals surface area contributed by atoms with E-state index in [-0.39, 0.29) is 11.9 Å². The van der Waals surface area contributed by atoms with Crippen molar-refractivity contribution in [2.45, 2.75) is 64.0 Å². The van der Waals surface area contributed by atoms with E-state index in [0.717, 1.165) is 83.9 Å². The van der Waals surface area contributed by atoms with Crippen LogP contribution in [0.1, 0.15) is 56.3 Å². The number of carbonyl (C=O) groups excluding carboxylic acids is 2. The number of ketones is 1. The summed E-state index contributed by atoms with van der Waals surface area (Å²) in [6.45, 7) is 1.34. The molecule has 12 heteroatoms. The normalized spacial score (nSPS) is 17.3. The highest BCUT2D eigenvalue weighted by atomic mass is 35.5. The number of nitrogens with one attached hydrogen (secondary N) is 2. The second-order valence-electron chi connectivity index (χ2n) is 13.6. The van der Waals surface area contributed by atoms with Crippen LogP contribution in [0.3, 0.4) is 0 Å². The zero-order valence-electron chi connectivity index (χ0n) is 29.1. The molecule has 1 saturated carbocycles. The Kier molecular flexibility index (Phi) is 11.3. The monoisotopic (exact) mass is 714 g/mol. The molecule has 0 radical (unpaired) electrons. The Labute approximate surface area is 304 Å². The molecule has 3 heterocycles. The Morgan fingerprint density at radius 2 is 1.38 bits per heavy atom. The number of nitrogens with zero attached hydrogens (tertiary/aromatic N) is 6. The second kappa shape index (κ2) is 15.8. The largest absolute Gasteiger partial charge is 0.361 e. The molecular formula is C38H44Cl2N8O2. The smallest absolute Gasteiger partial charge is 0.220 e. The van der Waals surface area contributed by atoms with Crippen molar-refractivity contribution in [2.75, 3.05) is 44.5 Å². The number of Topliss-reactive ketones (excluding diaryl/α,β-unsaturated/α-hetero) is 1. The third-order valence-corrected chi connectivity index (χ3v) is 10.3. The minimum Gasteiger partial charge on any atom is -0.361 e. The molecule has 50 heavy (non-hydrogen) atoms. The highest BCUT2D eigenvalue weighted by Crippen LogP contribution is 2.42. The number of benzene rings is 2. The molecule has 0 unspecified atom stereocenters. The third-order valence-electron chi connectivity index (χ3n) is 9.47. The molecule has 4 aromatic rings. The SMILES string of the molecule is CN(C)c1nc(-c2cccc(-c3cccc(-c4cnc(CNC[C@@H]5CCC(=O)C5)c(N(C)C)n4)c3Cl)c2Cl)cnc1CCC[C@@H]1CCC(=O)N1. The average Bonchev–Trinajstić information content (AvgIpc) is 3.72. The van der Waals surface area contributed by atoms with E-state index in [2.05, 4.69) is 10.6 Å². The second-order valence-corrected chi connectivity index (χ2v) is 14.4. The first-order valence-corrected chi connectivity index (χ1v) is 18.0. The Bertz CT molecular complexity index is 1750. The predicted octanol–water partition coefficient (Wildman–Crippen LogP) is 6.77. The number of amides is 1. The van der Waals surface area contributed by atoms with Gasteiger partial charge in [-0.1, -0.05) is 59.6 Å². The number of rotatable bonds is 13. The Hall–Kier alpha value is -4.12. The molecule has 2 N–H and O–H groups in total. The third kappa shape index (κ3) is 8.09. The van der Waals surface area contributed by atoms with Gasteiger partial charge in [0.2, 0.25) is 5.91 Å². The number of aromatic nitrogens is 4. The first-order valence-electron chi connectivity index (χ1n) is 17.3. The Morgan fingerprint density at radius 1 is 0.800 bits per heavy atom. The summed E-state index contributed by atoms with van der Waals surface area (Å²) in [7, 11) is 7.82. The van der Waals surface area contributed by atoms with Crippen LogP contribution in [0.25, 0.3) is 33.6 Å². The maximum Gasteiger partial charge on any atom is 0.220 e. The van der Waals surface area contributed by atoms with Gasteiger partial charge < -0.3 is 20.4 Å². The molecule has 2 aromatic carbocycles. The summed E-state index contributed by atoms with van der Waals surface area (Å²) in [5, 5.41) is 7.57. The molecule has 0 bridgehead atoms. The van der Waals surface area contributed by atoms with Gasteiger partial charge in [-0.2, -0.15) is 0 Å². The first-order chi connectivity index (χ1) is 24.1. The summed E-state index contributed by atoms with van der Waals surface area (Å²) in [4.78, 5) is 46.8. The van der Waals surface area contributed by atoms with Crippen molar-refractivity contribution in [1.82, 2.24) is 30.6 Å². The quantitative estimate of drug-likeness (QED) is 0.155. The molecule has 2 aliphatic rings. The zero-order chi connectivity index (χ0) is 35.4. The minimum atomic E-state index is 0.140. The molecule has 10 nitrogen and oxygen atoms in total. The van der Waals surface area contributed by atoms with Crippen LogP contribution in [0.15, 0.2) is 48.8 Å². The highest BCUT2D eigenvalue weighted by Gasteiger charge is 2.23. The van der Waals surface area contributed by atoms with Crippen LogP contribution in [0.4, 0.5) is 11.6 Å². The summed E-state index contributed by atoms with van der Waals surface area (Å²) < 4.78 is 0. The summed E-state index contributed by atoms with van der Waals surface area (Å²) in [6, 6.07) is 11.9. The fraction of sp³-hybridized carbons (Fsp3) is 0.421. The molecule has 2 aromatic heterocycles. The molecule has 2 atom stereocenters. The van der Waals surface area contributed by atoms with Gasteiger partial charge in [0.15, 0.2) is 11.6 Å². The van der Waals surface area contributed by atoms with Gasteiger partial charge in [-0.05, 0) is 44.6 Å². The number of anilines is 2. The highest BCUT2D eigenvalue weighted by molar-refractivity contribution is 6.39. The van der Waals surface area contributed by atoms with Crippen molar-refractivity contribution < 1.29 is 9.59 Å². The van der Waals surface area contributed by atoms with E-state index >= 15 is 0 Å². The van der Waals surface area contributed by atoms with Crippen molar-refractivity contribution in [3.63, 3.8) is 0 Å². The van der Waals surface area contributed by atoms with Gasteiger partial charge in [-0.3, -0.25) is 19.6 Å². The number of carbonyl (C=O) groups is 2. The lowest BCUT2D eigenvalue weighted by Gasteiger charge is -2.19. The van der Waals surface area contributed by atoms with Crippen LogP contribution in [0.2, 0.25) is 10.0 Å². The molecular weight excluding hydrogens is 671 g/mol. The number of aryl methyl sites for hydroxylation is 1. The molecule has 1 aliphatic heterocycles. The topological polar surface area (TPSA) is 116 Å². The van der Waals surface area contributed by atoms with Crippen LogP contribution in [0, 0.1) is 5.92 Å². The van der Waals surface area contributed by atoms with E-state index in [4.69, 9.17) is 43.1 Å². The lowest BCUT2D eigenvalue weighted by Crippen LogP contribution is -2.25. The molecule has 1 amide bonds. The predicted molar refractivity (Wildman–Crippen MR) is 201 cm³/mol. The summed E-state index contributed by atoms with van der Waals surface area (Å²) in [5.74, 6) is 2.42. The fourth-order valence-electron chi connectivity index (χ4n) is 6.83. The van der Waals surface area contributed by atoms with Gasteiger partial charge in [0.25, 0.3) is 0 Å². The minimum absolute atomic E-state index is 0.140. The lowest BCUT2D eigenvalue weighted by molar-refractivity contribution is -0.119. The van der Waals surface area contributed by atoms with Gasteiger partial charge in [0.05, 0.1) is 45.2 Å². The number of hydrogen-bond donors (Lipinski definition) is 2. The summed E-state index contributed by atoms with van der Waals surface area (Å²) in [6.07, 6.45) is 9.93. The fourth-order valence-corrected chi connectivity index (χ4v) is 7.48. The molecule has 1 aliphatic carbocycles. The number of halogens is 2. The van der Waals surface area contributed by atoms with Crippen LogP contribution < -0.4 is 20.4 Å². The standard InChI is InChI=1S/C38H44Cl2N8O2/c1-47(2)37-30(13-5-8-24-15-17-34(50)44-24)42-21-31(45-37)28-11-6-9-26(35(28)39)27-10-7-12-29(36(27)40)32-22-43-33(38(46-32)48(3)4)20-41-19-23-14-16-25(49)18-23/h6-7,9-12,21-24,41H,5,8,13-20H2,1-4H3,(H,44,50)/t23-,24-/m1/s1. The molecule has 2 fully saturated rings. The van der Waals surface area contributed by atoms with Gasteiger partial charge in [0, 0.05) is 82.3 Å². The maximum absolute atomic E-state index is 11.7. The van der Waals surface area contributed by atoms with Crippen LogP contribution in [-0.4, -0.2) is 72.4 Å². The van der Waals surface area contributed by atoms with E-state index < -0.39 is 0 Å². The molecule has 6 rings (SSSR count). The Morgan fingerprint density at radius 3 is 1.92 bits per heavy atom. The van der Waals surface area contributed by atoms with Crippen molar-refractivity contribution in [3.8, 4) is 33.6 Å². The van der Waals surface area contributed by atoms with Gasteiger partial charge in [-0.15, -0.1) is 0 Å².